The van der Waals surface area contributed by atoms with Crippen molar-refractivity contribution in [3.05, 3.63) is 62.9 Å². The summed E-state index contributed by atoms with van der Waals surface area (Å²) in [4.78, 5) is 25.7. The van der Waals surface area contributed by atoms with Crippen LogP contribution in [-0.2, 0) is 4.74 Å². The van der Waals surface area contributed by atoms with Crippen molar-refractivity contribution in [2.45, 2.75) is 37.0 Å². The summed E-state index contributed by atoms with van der Waals surface area (Å²) < 4.78 is 8.73. The van der Waals surface area contributed by atoms with Crippen molar-refractivity contribution in [3.8, 4) is 0 Å². The number of rotatable bonds is 4. The second-order valence-electron chi connectivity index (χ2n) is 5.63. The van der Waals surface area contributed by atoms with Crippen molar-refractivity contribution in [2.24, 2.45) is 5.73 Å². The van der Waals surface area contributed by atoms with Crippen molar-refractivity contribution < 1.29 is 4.74 Å². The van der Waals surface area contributed by atoms with Crippen LogP contribution in [0.5, 0.6) is 0 Å². The van der Waals surface area contributed by atoms with Crippen LogP contribution in [0, 0.1) is 6.92 Å². The van der Waals surface area contributed by atoms with E-state index in [1.54, 1.807) is 13.1 Å². The first-order chi connectivity index (χ1) is 11.0. The molecule has 23 heavy (non-hydrogen) atoms. The number of nitrogens with zero attached hydrogens (tertiary/aromatic N) is 1. The minimum absolute atomic E-state index is 0.0701. The topological polar surface area (TPSA) is 90.1 Å². The Labute approximate surface area is 139 Å². The van der Waals surface area contributed by atoms with E-state index < -0.39 is 11.9 Å². The molecule has 3 atom stereocenters. The quantitative estimate of drug-likeness (QED) is 0.726. The Balaban J connectivity index is 1.70. The number of aromatic nitrogens is 2. The van der Waals surface area contributed by atoms with Gasteiger partial charge in [-0.3, -0.25) is 0 Å². The molecule has 1 aromatic carbocycles. The van der Waals surface area contributed by atoms with E-state index in [1.165, 1.54) is 9.03 Å². The zero-order chi connectivity index (χ0) is 16.4. The molecule has 1 aliphatic heterocycles. The molecule has 0 aliphatic carbocycles. The standard InChI is InChI=1S/C16H19N3O3Se/c1-10-8-19(16(21)18-15(10)20)14-7-12(17)13(22-14)9-23-11-5-3-2-4-6-11/h2-6,8,12-14H,7,9,17H2,1H3,(H,18,20,21)/t12-,13+,14+/m0/s1. The second-order valence-corrected chi connectivity index (χ2v) is 7.93. The zero-order valence-electron chi connectivity index (χ0n) is 12.8. The van der Waals surface area contributed by atoms with Crippen molar-refractivity contribution in [1.82, 2.24) is 9.55 Å². The number of ether oxygens (including phenoxy) is 1. The van der Waals surface area contributed by atoms with E-state index in [1.807, 2.05) is 18.2 Å². The zero-order valence-corrected chi connectivity index (χ0v) is 14.5. The predicted molar refractivity (Wildman–Crippen MR) is 89.2 cm³/mol. The van der Waals surface area contributed by atoms with Crippen molar-refractivity contribution in [3.63, 3.8) is 0 Å². The van der Waals surface area contributed by atoms with Crippen LogP contribution in [0.1, 0.15) is 18.2 Å². The molecule has 3 N–H and O–H groups in total. The summed E-state index contributed by atoms with van der Waals surface area (Å²) in [5, 5.41) is 0.867. The van der Waals surface area contributed by atoms with Crippen molar-refractivity contribution >= 4 is 19.4 Å². The molecule has 0 radical (unpaired) electrons. The fraction of sp³-hybridized carbons (Fsp3) is 0.375. The molecule has 1 saturated heterocycles. The number of benzene rings is 1. The Hall–Kier alpha value is -1.66. The maximum absolute atomic E-state index is 12.0. The third-order valence-electron chi connectivity index (χ3n) is 3.90. The summed E-state index contributed by atoms with van der Waals surface area (Å²) >= 11 is 0.282. The van der Waals surface area contributed by atoms with Crippen LogP contribution in [0.3, 0.4) is 0 Å². The van der Waals surface area contributed by atoms with Gasteiger partial charge in [0.15, 0.2) is 0 Å². The van der Waals surface area contributed by atoms with Gasteiger partial charge in [-0.25, -0.2) is 0 Å². The number of nitrogens with one attached hydrogen (secondary N) is 1. The summed E-state index contributed by atoms with van der Waals surface area (Å²) in [5.74, 6) is 0. The summed E-state index contributed by atoms with van der Waals surface area (Å²) in [7, 11) is 0. The summed E-state index contributed by atoms with van der Waals surface area (Å²) in [5.41, 5.74) is 5.86. The third-order valence-corrected chi connectivity index (χ3v) is 6.21. The SMILES string of the molecule is Cc1cn([C@H]2C[C@H](N)[C@@H](C[Se]c3ccccc3)O2)c(=O)[nH]c1=O. The number of hydrogen-bond donors (Lipinski definition) is 2. The van der Waals surface area contributed by atoms with E-state index in [9.17, 15) is 9.59 Å². The molecule has 0 unspecified atom stereocenters. The summed E-state index contributed by atoms with van der Waals surface area (Å²) in [6.07, 6.45) is 1.63. The minimum atomic E-state index is -0.452. The molecule has 2 aromatic rings. The Kier molecular flexibility index (Phi) is 4.82. The summed E-state index contributed by atoms with van der Waals surface area (Å²) in [6.45, 7) is 1.67. The Bertz CT molecular complexity index is 787. The number of hydrogen-bond acceptors (Lipinski definition) is 4. The first-order valence-electron chi connectivity index (χ1n) is 7.45. The molecule has 0 amide bonds. The van der Waals surface area contributed by atoms with E-state index in [-0.39, 0.29) is 32.7 Å². The molecular formula is C16H19N3O3Se. The number of H-pyrrole nitrogens is 1. The first kappa shape index (κ1) is 16.2. The van der Waals surface area contributed by atoms with Crippen LogP contribution in [-0.4, -0.2) is 36.7 Å². The molecule has 1 aliphatic rings. The van der Waals surface area contributed by atoms with E-state index >= 15 is 0 Å². The van der Waals surface area contributed by atoms with Gasteiger partial charge in [-0.15, -0.1) is 0 Å². The molecule has 2 heterocycles. The normalized spacial score (nSPS) is 24.0. The van der Waals surface area contributed by atoms with Gasteiger partial charge >= 0.3 is 139 Å². The van der Waals surface area contributed by atoms with Crippen LogP contribution < -0.4 is 21.4 Å². The molecule has 1 fully saturated rings. The molecule has 122 valence electrons. The van der Waals surface area contributed by atoms with Gasteiger partial charge in [0.1, 0.15) is 0 Å². The summed E-state index contributed by atoms with van der Waals surface area (Å²) in [6, 6.07) is 10.2. The molecule has 0 saturated carbocycles. The Morgan fingerprint density at radius 2 is 2.09 bits per heavy atom. The number of aromatic amines is 1. The van der Waals surface area contributed by atoms with Gasteiger partial charge in [-0.2, -0.15) is 0 Å². The van der Waals surface area contributed by atoms with Crippen LogP contribution in [0.2, 0.25) is 5.32 Å². The fourth-order valence-corrected chi connectivity index (χ4v) is 4.75. The fourth-order valence-electron chi connectivity index (χ4n) is 2.58. The molecule has 0 spiro atoms. The van der Waals surface area contributed by atoms with Crippen molar-refractivity contribution in [1.29, 1.82) is 0 Å². The maximum atomic E-state index is 12.0. The monoisotopic (exact) mass is 381 g/mol. The Morgan fingerprint density at radius 1 is 1.35 bits per heavy atom. The second kappa shape index (κ2) is 6.84. The van der Waals surface area contributed by atoms with E-state index in [0.717, 1.165) is 5.32 Å². The molecule has 0 bridgehead atoms. The predicted octanol–water partition coefficient (Wildman–Crippen LogP) is -0.0922. The van der Waals surface area contributed by atoms with E-state index in [2.05, 4.69) is 17.1 Å². The average Bonchev–Trinajstić information content (AvgIpc) is 2.91. The van der Waals surface area contributed by atoms with Crippen LogP contribution in [0.15, 0.2) is 46.1 Å². The molecule has 7 heteroatoms. The van der Waals surface area contributed by atoms with Gasteiger partial charge < -0.3 is 0 Å². The van der Waals surface area contributed by atoms with Gasteiger partial charge in [0.2, 0.25) is 0 Å². The Morgan fingerprint density at radius 3 is 2.83 bits per heavy atom. The van der Waals surface area contributed by atoms with Gasteiger partial charge in [0, 0.05) is 0 Å². The molecule has 3 rings (SSSR count). The molecule has 6 nitrogen and oxygen atoms in total. The van der Waals surface area contributed by atoms with Crippen LogP contribution in [0.4, 0.5) is 0 Å². The van der Waals surface area contributed by atoms with E-state index in [0.29, 0.717) is 12.0 Å². The van der Waals surface area contributed by atoms with Crippen LogP contribution >= 0.6 is 0 Å². The van der Waals surface area contributed by atoms with E-state index in [4.69, 9.17) is 10.5 Å². The van der Waals surface area contributed by atoms with Gasteiger partial charge in [-0.1, -0.05) is 0 Å². The van der Waals surface area contributed by atoms with Gasteiger partial charge in [0.05, 0.1) is 0 Å². The van der Waals surface area contributed by atoms with Gasteiger partial charge in [0.25, 0.3) is 0 Å². The first-order valence-corrected chi connectivity index (χ1v) is 9.52. The number of nitrogens with two attached hydrogens (primary N) is 1. The van der Waals surface area contributed by atoms with Crippen molar-refractivity contribution in [2.75, 3.05) is 0 Å². The van der Waals surface area contributed by atoms with Gasteiger partial charge in [-0.05, 0) is 0 Å². The third kappa shape index (κ3) is 3.64. The average molecular weight is 380 g/mol. The van der Waals surface area contributed by atoms with Crippen LogP contribution in [0.25, 0.3) is 0 Å². The number of aryl methyl sites for hydroxylation is 1. The molecule has 1 aromatic heterocycles. The molecular weight excluding hydrogens is 361 g/mol.